The van der Waals surface area contributed by atoms with Crippen LogP contribution < -0.4 is 0 Å². The molecule has 0 saturated carbocycles. The molecule has 4 heteroatoms. The van der Waals surface area contributed by atoms with E-state index in [1.54, 1.807) is 12.1 Å². The molecular weight excluding hydrogens is 206 g/mol. The molecule has 2 rings (SSSR count). The van der Waals surface area contributed by atoms with Gasteiger partial charge >= 0.3 is 5.97 Å². The molecule has 0 saturated heterocycles. The summed E-state index contributed by atoms with van der Waals surface area (Å²) in [6, 6.07) is 10.8. The van der Waals surface area contributed by atoms with Gasteiger partial charge in [0, 0.05) is 5.39 Å². The highest BCUT2D eigenvalue weighted by molar-refractivity contribution is 5.91. The van der Waals surface area contributed by atoms with Crippen LogP contribution in [0, 0.1) is 0 Å². The molecule has 82 valence electrons. The summed E-state index contributed by atoms with van der Waals surface area (Å²) in [5.74, 6) is -0.624. The average molecular weight is 217 g/mol. The maximum absolute atomic E-state index is 11.5. The van der Waals surface area contributed by atoms with Crippen LogP contribution in [0.5, 0.6) is 0 Å². The Bertz CT molecular complexity index is 522. The molecule has 0 radical (unpaired) electrons. The highest BCUT2D eigenvalue weighted by Crippen LogP contribution is 2.12. The van der Waals surface area contributed by atoms with E-state index in [0.29, 0.717) is 0 Å². The van der Waals surface area contributed by atoms with Gasteiger partial charge in [-0.05, 0) is 19.1 Å². The summed E-state index contributed by atoms with van der Waals surface area (Å²) in [7, 11) is 0. The Hall–Kier alpha value is -1.94. The van der Waals surface area contributed by atoms with Gasteiger partial charge < -0.3 is 9.84 Å². The molecule has 0 aliphatic carbocycles. The smallest absolute Gasteiger partial charge is 0.359 e. The molecule has 1 aromatic heterocycles. The predicted molar refractivity (Wildman–Crippen MR) is 58.8 cm³/mol. The van der Waals surface area contributed by atoms with Gasteiger partial charge in [-0.2, -0.15) is 0 Å². The number of para-hydroxylation sites is 1. The van der Waals surface area contributed by atoms with Crippen LogP contribution >= 0.6 is 0 Å². The number of pyridine rings is 1. The van der Waals surface area contributed by atoms with Gasteiger partial charge in [-0.15, -0.1) is 0 Å². The molecule has 1 atom stereocenters. The number of ether oxygens (including phenoxy) is 1. The van der Waals surface area contributed by atoms with Crippen LogP contribution in [-0.2, 0) is 4.74 Å². The molecule has 16 heavy (non-hydrogen) atoms. The molecule has 0 bridgehead atoms. The first kappa shape index (κ1) is 10.6. The van der Waals surface area contributed by atoms with Gasteiger partial charge in [0.15, 0.2) is 6.29 Å². The van der Waals surface area contributed by atoms with Crippen LogP contribution in [-0.4, -0.2) is 22.3 Å². The van der Waals surface area contributed by atoms with Crippen molar-refractivity contribution in [2.45, 2.75) is 13.2 Å². The summed E-state index contributed by atoms with van der Waals surface area (Å²) >= 11 is 0. The van der Waals surface area contributed by atoms with E-state index in [0.717, 1.165) is 10.9 Å². The van der Waals surface area contributed by atoms with E-state index in [2.05, 4.69) is 9.72 Å². The van der Waals surface area contributed by atoms with E-state index in [1.807, 2.05) is 24.3 Å². The van der Waals surface area contributed by atoms with E-state index in [-0.39, 0.29) is 5.69 Å². The number of fused-ring (bicyclic) bond motifs is 1. The Balaban J connectivity index is 2.35. The molecule has 2 aromatic rings. The normalized spacial score (nSPS) is 12.4. The van der Waals surface area contributed by atoms with Crippen molar-refractivity contribution in [3.8, 4) is 0 Å². The van der Waals surface area contributed by atoms with Crippen LogP contribution in [0.1, 0.15) is 17.4 Å². The van der Waals surface area contributed by atoms with Crippen molar-refractivity contribution >= 4 is 16.9 Å². The summed E-state index contributed by atoms with van der Waals surface area (Å²) in [4.78, 5) is 15.6. The number of nitrogens with zero attached hydrogens (tertiary/aromatic N) is 1. The highest BCUT2D eigenvalue weighted by atomic mass is 16.6. The van der Waals surface area contributed by atoms with Gasteiger partial charge in [0.2, 0.25) is 0 Å². The highest BCUT2D eigenvalue weighted by Gasteiger charge is 2.11. The third kappa shape index (κ3) is 2.17. The Morgan fingerprint density at radius 3 is 2.81 bits per heavy atom. The lowest BCUT2D eigenvalue weighted by atomic mass is 10.2. The Kier molecular flexibility index (Phi) is 2.83. The van der Waals surface area contributed by atoms with Crippen LogP contribution in [0.3, 0.4) is 0 Å². The molecule has 1 aromatic carbocycles. The molecule has 1 N–H and O–H groups in total. The number of hydrogen-bond acceptors (Lipinski definition) is 4. The van der Waals surface area contributed by atoms with E-state index in [1.165, 1.54) is 6.92 Å². The molecule has 1 unspecified atom stereocenters. The Morgan fingerprint density at radius 1 is 1.31 bits per heavy atom. The van der Waals surface area contributed by atoms with Crippen molar-refractivity contribution < 1.29 is 14.6 Å². The number of aliphatic hydroxyl groups is 1. The molecule has 0 spiro atoms. The monoisotopic (exact) mass is 217 g/mol. The topological polar surface area (TPSA) is 59.4 Å². The summed E-state index contributed by atoms with van der Waals surface area (Å²) in [5, 5.41) is 9.88. The summed E-state index contributed by atoms with van der Waals surface area (Å²) < 4.78 is 4.64. The van der Waals surface area contributed by atoms with Gasteiger partial charge in [-0.25, -0.2) is 9.78 Å². The number of hydrogen-bond donors (Lipinski definition) is 1. The van der Waals surface area contributed by atoms with E-state index in [4.69, 9.17) is 5.11 Å². The van der Waals surface area contributed by atoms with Crippen LogP contribution in [0.25, 0.3) is 10.9 Å². The number of rotatable bonds is 2. The predicted octanol–water partition coefficient (Wildman–Crippen LogP) is 1.73. The average Bonchev–Trinajstić information content (AvgIpc) is 2.27. The number of carbonyl (C=O) groups excluding carboxylic acids is 1. The minimum atomic E-state index is -1.12. The third-order valence-corrected chi connectivity index (χ3v) is 2.09. The minimum Gasteiger partial charge on any atom is -0.432 e. The number of aromatic nitrogens is 1. The van der Waals surface area contributed by atoms with Crippen LogP contribution in [0.15, 0.2) is 36.4 Å². The zero-order chi connectivity index (χ0) is 11.5. The molecule has 1 heterocycles. The maximum atomic E-state index is 11.5. The maximum Gasteiger partial charge on any atom is 0.359 e. The van der Waals surface area contributed by atoms with Gasteiger partial charge in [-0.3, -0.25) is 0 Å². The van der Waals surface area contributed by atoms with Gasteiger partial charge in [0.25, 0.3) is 0 Å². The van der Waals surface area contributed by atoms with Crippen molar-refractivity contribution in [1.82, 2.24) is 4.98 Å². The summed E-state index contributed by atoms with van der Waals surface area (Å²) in [6.45, 7) is 1.37. The van der Waals surface area contributed by atoms with Crippen LogP contribution in [0.4, 0.5) is 0 Å². The fourth-order valence-corrected chi connectivity index (χ4v) is 1.39. The molecule has 0 fully saturated rings. The van der Waals surface area contributed by atoms with Gasteiger partial charge in [-0.1, -0.05) is 24.3 Å². The summed E-state index contributed by atoms with van der Waals surface area (Å²) in [5.41, 5.74) is 0.919. The van der Waals surface area contributed by atoms with Gasteiger partial charge in [0.05, 0.1) is 5.52 Å². The quantitative estimate of drug-likeness (QED) is 0.614. The molecule has 0 aliphatic rings. The van der Waals surface area contributed by atoms with Crippen molar-refractivity contribution in [2.75, 3.05) is 0 Å². The molecular formula is C12H11NO3. The molecule has 0 aliphatic heterocycles. The fourth-order valence-electron chi connectivity index (χ4n) is 1.39. The van der Waals surface area contributed by atoms with Crippen LogP contribution in [0.2, 0.25) is 0 Å². The Morgan fingerprint density at radius 2 is 2.06 bits per heavy atom. The first-order valence-corrected chi connectivity index (χ1v) is 4.91. The second-order valence-corrected chi connectivity index (χ2v) is 3.39. The number of carbonyl (C=O) groups is 1. The second-order valence-electron chi connectivity index (χ2n) is 3.39. The standard InChI is InChI=1S/C12H11NO3/c1-8(14)16-12(15)11-7-6-9-4-2-3-5-10(9)13-11/h2-8,14H,1H3. The van der Waals surface area contributed by atoms with Crippen molar-refractivity contribution in [2.24, 2.45) is 0 Å². The molecule has 0 amide bonds. The first-order chi connectivity index (χ1) is 7.66. The van der Waals surface area contributed by atoms with Crippen molar-refractivity contribution in [1.29, 1.82) is 0 Å². The lowest BCUT2D eigenvalue weighted by Gasteiger charge is -2.06. The van der Waals surface area contributed by atoms with Crippen molar-refractivity contribution in [3.63, 3.8) is 0 Å². The summed E-state index contributed by atoms with van der Waals surface area (Å²) in [6.07, 6.45) is -1.12. The van der Waals surface area contributed by atoms with E-state index < -0.39 is 12.3 Å². The lowest BCUT2D eigenvalue weighted by Crippen LogP contribution is -2.15. The minimum absolute atomic E-state index is 0.194. The van der Waals surface area contributed by atoms with Gasteiger partial charge in [0.1, 0.15) is 5.69 Å². The Labute approximate surface area is 92.5 Å². The third-order valence-electron chi connectivity index (χ3n) is 2.09. The van der Waals surface area contributed by atoms with Crippen molar-refractivity contribution in [3.05, 3.63) is 42.1 Å². The SMILES string of the molecule is CC(O)OC(=O)c1ccc2ccccc2n1. The first-order valence-electron chi connectivity index (χ1n) is 4.91. The number of esters is 1. The second kappa shape index (κ2) is 4.28. The van der Waals surface area contributed by atoms with E-state index in [9.17, 15) is 4.79 Å². The van der Waals surface area contributed by atoms with E-state index >= 15 is 0 Å². The number of aliphatic hydroxyl groups excluding tert-OH is 1. The lowest BCUT2D eigenvalue weighted by molar-refractivity contribution is -0.0527. The zero-order valence-electron chi connectivity index (χ0n) is 8.75. The molecule has 4 nitrogen and oxygen atoms in total. The largest absolute Gasteiger partial charge is 0.432 e. The number of benzene rings is 1. The zero-order valence-corrected chi connectivity index (χ0v) is 8.75. The fraction of sp³-hybridized carbons (Fsp3) is 0.167.